The van der Waals surface area contributed by atoms with Gasteiger partial charge in [0.1, 0.15) is 6.23 Å². The number of nitrogens with zero attached hydrogens (tertiary/aromatic N) is 4. The lowest BCUT2D eigenvalue weighted by atomic mass is 10.1. The Morgan fingerprint density at radius 3 is 2.62 bits per heavy atom. The van der Waals surface area contributed by atoms with E-state index in [0.29, 0.717) is 0 Å². The van der Waals surface area contributed by atoms with Gasteiger partial charge in [0.2, 0.25) is 0 Å². The second kappa shape index (κ2) is 8.57. The Hall–Kier alpha value is -2.35. The van der Waals surface area contributed by atoms with Gasteiger partial charge in [0, 0.05) is 44.7 Å². The summed E-state index contributed by atoms with van der Waals surface area (Å²) in [5.74, 6) is 1.73. The Balaban J connectivity index is 1.36. The van der Waals surface area contributed by atoms with Crippen molar-refractivity contribution in [3.63, 3.8) is 0 Å². The average Bonchev–Trinajstić information content (AvgIpc) is 3.34. The van der Waals surface area contributed by atoms with Gasteiger partial charge in [-0.1, -0.05) is 48.2 Å². The molecule has 4 rings (SSSR count). The van der Waals surface area contributed by atoms with Crippen molar-refractivity contribution < 1.29 is 4.74 Å². The van der Waals surface area contributed by atoms with Gasteiger partial charge in [-0.25, -0.2) is 0 Å². The number of aromatic nitrogens is 3. The number of benzene rings is 2. The van der Waals surface area contributed by atoms with Crippen LogP contribution in [0.4, 0.5) is 5.69 Å². The first-order chi connectivity index (χ1) is 14.0. The molecule has 2 atom stereocenters. The maximum Gasteiger partial charge on any atom is 0.191 e. The molecular weight excluding hydrogens is 382 g/mol. The third kappa shape index (κ3) is 4.32. The van der Waals surface area contributed by atoms with Gasteiger partial charge in [0.25, 0.3) is 0 Å². The van der Waals surface area contributed by atoms with Gasteiger partial charge in [-0.3, -0.25) is 5.32 Å². The van der Waals surface area contributed by atoms with Crippen LogP contribution in [0, 0.1) is 6.92 Å². The number of hydrogen-bond donors (Lipinski definition) is 1. The van der Waals surface area contributed by atoms with Crippen LogP contribution in [0.15, 0.2) is 53.7 Å². The molecule has 0 bridgehead atoms. The molecule has 1 saturated heterocycles. The molecule has 7 heteroatoms. The van der Waals surface area contributed by atoms with Crippen LogP contribution in [0.2, 0.25) is 0 Å². The molecule has 0 unspecified atom stereocenters. The molecule has 0 radical (unpaired) electrons. The van der Waals surface area contributed by atoms with E-state index in [-0.39, 0.29) is 12.3 Å². The number of anilines is 1. The second-order valence-corrected chi connectivity index (χ2v) is 8.51. The zero-order valence-electron chi connectivity index (χ0n) is 17.3. The third-order valence-corrected chi connectivity index (χ3v) is 6.34. The van der Waals surface area contributed by atoms with Crippen molar-refractivity contribution in [3.05, 3.63) is 59.7 Å². The van der Waals surface area contributed by atoms with E-state index in [1.807, 2.05) is 33.3 Å². The van der Waals surface area contributed by atoms with E-state index in [4.69, 9.17) is 4.74 Å². The lowest BCUT2D eigenvalue weighted by Crippen LogP contribution is -2.17. The summed E-state index contributed by atoms with van der Waals surface area (Å²) in [7, 11) is 6.11. The fourth-order valence-corrected chi connectivity index (χ4v) is 4.35. The molecular formula is C22H27N5OS. The maximum atomic E-state index is 6.22. The summed E-state index contributed by atoms with van der Waals surface area (Å²) in [5, 5.41) is 13.2. The van der Waals surface area contributed by atoms with Crippen LogP contribution in [0.3, 0.4) is 0 Å². The molecule has 0 aliphatic carbocycles. The van der Waals surface area contributed by atoms with Gasteiger partial charge >= 0.3 is 0 Å². The van der Waals surface area contributed by atoms with Gasteiger partial charge in [0.15, 0.2) is 11.0 Å². The number of aryl methyl sites for hydroxylation is 1. The first-order valence-electron chi connectivity index (χ1n) is 9.77. The van der Waals surface area contributed by atoms with Crippen molar-refractivity contribution in [1.29, 1.82) is 0 Å². The number of hydrogen-bond acceptors (Lipinski definition) is 6. The summed E-state index contributed by atoms with van der Waals surface area (Å²) >= 11 is 1.69. The zero-order valence-corrected chi connectivity index (χ0v) is 18.1. The van der Waals surface area contributed by atoms with Gasteiger partial charge in [-0.05, 0) is 30.2 Å². The SMILES string of the molecule is Cc1ccccc1-c1nnc(SC[C@H]2CN[C@@H](c3ccc(N(C)C)cc3)O2)n1C. The molecule has 6 nitrogen and oxygen atoms in total. The summed E-state index contributed by atoms with van der Waals surface area (Å²) in [4.78, 5) is 2.10. The van der Waals surface area contributed by atoms with E-state index in [0.717, 1.165) is 34.4 Å². The Labute approximate surface area is 176 Å². The minimum Gasteiger partial charge on any atom is -0.378 e. The van der Waals surface area contributed by atoms with Crippen molar-refractivity contribution in [3.8, 4) is 11.4 Å². The maximum absolute atomic E-state index is 6.22. The predicted molar refractivity (Wildman–Crippen MR) is 118 cm³/mol. The quantitative estimate of drug-likeness (QED) is 0.628. The van der Waals surface area contributed by atoms with Crippen LogP contribution in [0.5, 0.6) is 0 Å². The molecule has 0 amide bonds. The van der Waals surface area contributed by atoms with Crippen molar-refractivity contribution in [2.24, 2.45) is 7.05 Å². The largest absolute Gasteiger partial charge is 0.378 e. The molecule has 0 spiro atoms. The number of nitrogens with one attached hydrogen (secondary N) is 1. The van der Waals surface area contributed by atoms with Crippen LogP contribution in [0.25, 0.3) is 11.4 Å². The molecule has 1 aromatic heterocycles. The Morgan fingerprint density at radius 2 is 1.90 bits per heavy atom. The molecule has 152 valence electrons. The first kappa shape index (κ1) is 19.9. The second-order valence-electron chi connectivity index (χ2n) is 7.52. The molecule has 1 aliphatic heterocycles. The number of ether oxygens (including phenoxy) is 1. The van der Waals surface area contributed by atoms with Crippen molar-refractivity contribution in [2.75, 3.05) is 31.3 Å². The zero-order chi connectivity index (χ0) is 20.4. The molecule has 0 saturated carbocycles. The minimum atomic E-state index is -0.0566. The Bertz CT molecular complexity index is 970. The van der Waals surface area contributed by atoms with Crippen molar-refractivity contribution in [2.45, 2.75) is 24.4 Å². The summed E-state index contributed by atoms with van der Waals surface area (Å²) < 4.78 is 8.28. The predicted octanol–water partition coefficient (Wildman–Crippen LogP) is 3.64. The van der Waals surface area contributed by atoms with E-state index >= 15 is 0 Å². The Kier molecular flexibility index (Phi) is 5.89. The molecule has 1 fully saturated rings. The first-order valence-corrected chi connectivity index (χ1v) is 10.8. The van der Waals surface area contributed by atoms with Crippen LogP contribution in [-0.2, 0) is 11.8 Å². The van der Waals surface area contributed by atoms with E-state index in [9.17, 15) is 0 Å². The molecule has 2 heterocycles. The highest BCUT2D eigenvalue weighted by Crippen LogP contribution is 2.28. The summed E-state index contributed by atoms with van der Waals surface area (Å²) in [5.41, 5.74) is 4.66. The van der Waals surface area contributed by atoms with Crippen LogP contribution in [0.1, 0.15) is 17.4 Å². The van der Waals surface area contributed by atoms with Gasteiger partial charge in [-0.15, -0.1) is 10.2 Å². The van der Waals surface area contributed by atoms with Crippen LogP contribution >= 0.6 is 11.8 Å². The number of thioether (sulfide) groups is 1. The van der Waals surface area contributed by atoms with E-state index in [2.05, 4.69) is 68.3 Å². The van der Waals surface area contributed by atoms with Gasteiger partial charge in [-0.2, -0.15) is 0 Å². The standard InChI is InChI=1S/C22H27N5OS/c1-15-7-5-6-8-19(15)20-24-25-22(27(20)4)29-14-18-13-23-21(28-18)16-9-11-17(12-10-16)26(2)3/h5-12,18,21,23H,13-14H2,1-4H3/t18-,21-/m1/s1. The van der Waals surface area contributed by atoms with E-state index in [1.165, 1.54) is 11.3 Å². The minimum absolute atomic E-state index is 0.0566. The van der Waals surface area contributed by atoms with E-state index < -0.39 is 0 Å². The third-order valence-electron chi connectivity index (χ3n) is 5.19. The lowest BCUT2D eigenvalue weighted by molar-refractivity contribution is 0.0534. The number of rotatable bonds is 6. The normalized spacial score (nSPS) is 18.9. The van der Waals surface area contributed by atoms with Gasteiger partial charge < -0.3 is 14.2 Å². The fraction of sp³-hybridized carbons (Fsp3) is 0.364. The monoisotopic (exact) mass is 409 g/mol. The van der Waals surface area contributed by atoms with E-state index in [1.54, 1.807) is 11.8 Å². The average molecular weight is 410 g/mol. The highest BCUT2D eigenvalue weighted by molar-refractivity contribution is 7.99. The topological polar surface area (TPSA) is 55.2 Å². The molecule has 29 heavy (non-hydrogen) atoms. The van der Waals surface area contributed by atoms with Crippen LogP contribution < -0.4 is 10.2 Å². The molecule has 2 aromatic carbocycles. The van der Waals surface area contributed by atoms with Crippen molar-refractivity contribution >= 4 is 17.4 Å². The summed E-state index contributed by atoms with van der Waals surface area (Å²) in [6.45, 7) is 2.93. The Morgan fingerprint density at radius 1 is 1.14 bits per heavy atom. The molecule has 1 aliphatic rings. The summed E-state index contributed by atoms with van der Waals surface area (Å²) in [6, 6.07) is 16.8. The molecule has 1 N–H and O–H groups in total. The highest BCUT2D eigenvalue weighted by atomic mass is 32.2. The van der Waals surface area contributed by atoms with Gasteiger partial charge in [0.05, 0.1) is 6.10 Å². The smallest absolute Gasteiger partial charge is 0.191 e. The molecule has 3 aromatic rings. The highest BCUT2D eigenvalue weighted by Gasteiger charge is 2.26. The summed E-state index contributed by atoms with van der Waals surface area (Å²) in [6.07, 6.45) is 0.0796. The lowest BCUT2D eigenvalue weighted by Gasteiger charge is -2.16. The van der Waals surface area contributed by atoms with Crippen molar-refractivity contribution in [1.82, 2.24) is 20.1 Å². The fourth-order valence-electron chi connectivity index (χ4n) is 3.44. The van der Waals surface area contributed by atoms with Crippen LogP contribution in [-0.4, -0.2) is 47.3 Å².